The summed E-state index contributed by atoms with van der Waals surface area (Å²) in [5.74, 6) is 0.400. The summed E-state index contributed by atoms with van der Waals surface area (Å²) in [6.45, 7) is 8.11. The third-order valence-corrected chi connectivity index (χ3v) is 4.35. The molecule has 4 nitrogen and oxygen atoms in total. The van der Waals surface area contributed by atoms with Gasteiger partial charge in [0.1, 0.15) is 12.4 Å². The van der Waals surface area contributed by atoms with E-state index >= 15 is 0 Å². The third kappa shape index (κ3) is 5.75. The number of hydrogen-bond acceptors (Lipinski definition) is 3. The van der Waals surface area contributed by atoms with Crippen molar-refractivity contribution in [2.45, 2.75) is 26.2 Å². The van der Waals surface area contributed by atoms with Crippen molar-refractivity contribution in [1.29, 1.82) is 0 Å². The van der Waals surface area contributed by atoms with E-state index in [0.29, 0.717) is 42.7 Å². The topological polar surface area (TPSA) is 47.6 Å². The quantitative estimate of drug-likeness (QED) is 0.658. The first kappa shape index (κ1) is 20.3. The van der Waals surface area contributed by atoms with Crippen molar-refractivity contribution in [2.24, 2.45) is 0 Å². The molecule has 0 aliphatic carbocycles. The fourth-order valence-corrected chi connectivity index (χ4v) is 2.73. The minimum atomic E-state index is -0.245. The monoisotopic (exact) mass is 375 g/mol. The van der Waals surface area contributed by atoms with Crippen molar-refractivity contribution in [3.8, 4) is 5.75 Å². The predicted octanol–water partition coefficient (Wildman–Crippen LogP) is 4.46. The minimum absolute atomic E-state index is 0.160. The Morgan fingerprint density at radius 3 is 2.62 bits per heavy atom. The number of hydrogen-bond donors (Lipinski definition) is 1. The molecule has 1 amide bonds. The molecule has 5 heteroatoms. The molecule has 0 fully saturated rings. The van der Waals surface area contributed by atoms with Crippen molar-refractivity contribution in [3.63, 3.8) is 0 Å². The summed E-state index contributed by atoms with van der Waals surface area (Å²) in [4.78, 5) is 12.7. The molecule has 0 heterocycles. The normalized spacial score (nSPS) is 11.2. The van der Waals surface area contributed by atoms with Crippen LogP contribution in [0.2, 0.25) is 5.02 Å². The van der Waals surface area contributed by atoms with Gasteiger partial charge in [0.15, 0.2) is 0 Å². The van der Waals surface area contributed by atoms with Crippen molar-refractivity contribution in [2.75, 3.05) is 26.4 Å². The second-order valence-electron chi connectivity index (χ2n) is 6.62. The Kier molecular flexibility index (Phi) is 7.49. The van der Waals surface area contributed by atoms with Gasteiger partial charge in [-0.1, -0.05) is 49.7 Å². The Labute approximate surface area is 160 Å². The molecule has 26 heavy (non-hydrogen) atoms. The first-order valence-corrected chi connectivity index (χ1v) is 9.15. The smallest absolute Gasteiger partial charge is 0.255 e. The molecule has 0 saturated carbocycles. The van der Waals surface area contributed by atoms with Crippen molar-refractivity contribution < 1.29 is 14.3 Å². The molecule has 0 bridgehead atoms. The zero-order valence-electron chi connectivity index (χ0n) is 15.5. The molecule has 0 spiro atoms. The van der Waals surface area contributed by atoms with Crippen LogP contribution < -0.4 is 10.1 Å². The highest BCUT2D eigenvalue weighted by Gasteiger charge is 2.23. The van der Waals surface area contributed by atoms with E-state index in [0.717, 1.165) is 5.56 Å². The second kappa shape index (κ2) is 9.60. The molecule has 2 aromatic rings. The fourth-order valence-electron chi connectivity index (χ4n) is 2.54. The van der Waals surface area contributed by atoms with Gasteiger partial charge >= 0.3 is 0 Å². The summed E-state index contributed by atoms with van der Waals surface area (Å²) in [7, 11) is 0. The van der Waals surface area contributed by atoms with Crippen LogP contribution in [0.25, 0.3) is 0 Å². The summed E-state index contributed by atoms with van der Waals surface area (Å²) < 4.78 is 11.0. The summed E-state index contributed by atoms with van der Waals surface area (Å²) in [5, 5.41) is 3.70. The Hall–Kier alpha value is -2.04. The summed E-state index contributed by atoms with van der Waals surface area (Å²) >= 11 is 6.09. The van der Waals surface area contributed by atoms with Crippen LogP contribution in [0, 0.1) is 0 Å². The number of carbonyl (C=O) groups excluding carboxylic acids is 1. The molecular formula is C21H26ClNO3. The number of ether oxygens (including phenoxy) is 2. The number of rotatable bonds is 9. The molecule has 0 aliphatic rings. The molecule has 0 atom stereocenters. The molecular weight excluding hydrogens is 350 g/mol. The van der Waals surface area contributed by atoms with Gasteiger partial charge in [0.05, 0.1) is 12.2 Å². The van der Waals surface area contributed by atoms with Crippen LogP contribution in [0.4, 0.5) is 0 Å². The highest BCUT2D eigenvalue weighted by molar-refractivity contribution is 6.30. The van der Waals surface area contributed by atoms with E-state index in [1.807, 2.05) is 43.3 Å². The SMILES string of the molecule is CCOCCOc1ccccc1C(=O)NCC(C)(C)c1cccc(Cl)c1. The van der Waals surface area contributed by atoms with Gasteiger partial charge in [-0.2, -0.15) is 0 Å². The lowest BCUT2D eigenvalue weighted by Gasteiger charge is -2.26. The number of nitrogens with one attached hydrogen (secondary N) is 1. The zero-order valence-corrected chi connectivity index (χ0v) is 16.3. The van der Waals surface area contributed by atoms with Crippen LogP contribution in [-0.4, -0.2) is 32.3 Å². The summed E-state index contributed by atoms with van der Waals surface area (Å²) in [5.41, 5.74) is 1.35. The molecule has 1 N–H and O–H groups in total. The van der Waals surface area contributed by atoms with Gasteiger partial charge in [0.2, 0.25) is 0 Å². The van der Waals surface area contributed by atoms with E-state index < -0.39 is 0 Å². The molecule has 2 rings (SSSR count). The van der Waals surface area contributed by atoms with Gasteiger partial charge in [0, 0.05) is 23.6 Å². The Balaban J connectivity index is 2.01. The van der Waals surface area contributed by atoms with E-state index in [4.69, 9.17) is 21.1 Å². The van der Waals surface area contributed by atoms with E-state index in [-0.39, 0.29) is 11.3 Å². The fraction of sp³-hybridized carbons (Fsp3) is 0.381. The number of amides is 1. The molecule has 2 aromatic carbocycles. The maximum Gasteiger partial charge on any atom is 0.255 e. The standard InChI is InChI=1S/C21H26ClNO3/c1-4-25-12-13-26-19-11-6-5-10-18(19)20(24)23-15-21(2,3)16-8-7-9-17(22)14-16/h5-11,14H,4,12-13,15H2,1-3H3,(H,23,24). The van der Waals surface area contributed by atoms with Crippen LogP contribution in [0.15, 0.2) is 48.5 Å². The average molecular weight is 376 g/mol. The molecule has 0 saturated heterocycles. The lowest BCUT2D eigenvalue weighted by atomic mass is 9.84. The number of benzene rings is 2. The first-order chi connectivity index (χ1) is 12.4. The van der Waals surface area contributed by atoms with Crippen molar-refractivity contribution in [3.05, 3.63) is 64.7 Å². The van der Waals surface area contributed by atoms with Crippen LogP contribution >= 0.6 is 11.6 Å². The van der Waals surface area contributed by atoms with Gasteiger partial charge in [-0.15, -0.1) is 0 Å². The predicted molar refractivity (Wildman–Crippen MR) is 105 cm³/mol. The average Bonchev–Trinajstić information content (AvgIpc) is 2.64. The molecule has 0 aliphatic heterocycles. The molecule has 0 radical (unpaired) electrons. The lowest BCUT2D eigenvalue weighted by molar-refractivity contribution is 0.0929. The second-order valence-corrected chi connectivity index (χ2v) is 7.05. The highest BCUT2D eigenvalue weighted by atomic mass is 35.5. The van der Waals surface area contributed by atoms with Gasteiger partial charge in [-0.05, 0) is 36.8 Å². The van der Waals surface area contributed by atoms with Gasteiger partial charge in [0.25, 0.3) is 5.91 Å². The number of carbonyl (C=O) groups is 1. The van der Waals surface area contributed by atoms with Gasteiger partial charge < -0.3 is 14.8 Å². The van der Waals surface area contributed by atoms with Gasteiger partial charge in [-0.3, -0.25) is 4.79 Å². The van der Waals surface area contributed by atoms with Crippen LogP contribution in [-0.2, 0) is 10.2 Å². The Morgan fingerprint density at radius 1 is 1.12 bits per heavy atom. The third-order valence-electron chi connectivity index (χ3n) is 4.12. The van der Waals surface area contributed by atoms with Crippen LogP contribution in [0.5, 0.6) is 5.75 Å². The maximum absolute atomic E-state index is 12.7. The zero-order chi connectivity index (χ0) is 19.0. The van der Waals surface area contributed by atoms with Gasteiger partial charge in [-0.25, -0.2) is 0 Å². The first-order valence-electron chi connectivity index (χ1n) is 8.78. The van der Waals surface area contributed by atoms with Crippen molar-refractivity contribution >= 4 is 17.5 Å². The van der Waals surface area contributed by atoms with E-state index in [2.05, 4.69) is 19.2 Å². The molecule has 0 unspecified atom stereocenters. The minimum Gasteiger partial charge on any atom is -0.490 e. The van der Waals surface area contributed by atoms with Crippen LogP contribution in [0.3, 0.4) is 0 Å². The van der Waals surface area contributed by atoms with E-state index in [1.165, 1.54) is 0 Å². The van der Waals surface area contributed by atoms with E-state index in [9.17, 15) is 4.79 Å². The lowest BCUT2D eigenvalue weighted by Crippen LogP contribution is -2.36. The Bertz CT molecular complexity index is 731. The molecule has 140 valence electrons. The van der Waals surface area contributed by atoms with E-state index in [1.54, 1.807) is 12.1 Å². The highest BCUT2D eigenvalue weighted by Crippen LogP contribution is 2.25. The Morgan fingerprint density at radius 2 is 1.88 bits per heavy atom. The van der Waals surface area contributed by atoms with Crippen molar-refractivity contribution in [1.82, 2.24) is 5.32 Å². The maximum atomic E-state index is 12.7. The number of para-hydroxylation sites is 1. The van der Waals surface area contributed by atoms with Crippen LogP contribution in [0.1, 0.15) is 36.7 Å². The summed E-state index contributed by atoms with van der Waals surface area (Å²) in [6.07, 6.45) is 0. The largest absolute Gasteiger partial charge is 0.490 e. The summed E-state index contributed by atoms with van der Waals surface area (Å²) in [6, 6.07) is 14.9. The number of halogens is 1. The molecule has 0 aromatic heterocycles.